The van der Waals surface area contributed by atoms with Crippen LogP contribution in [0.3, 0.4) is 0 Å². The summed E-state index contributed by atoms with van der Waals surface area (Å²) in [6.07, 6.45) is 1.58. The zero-order valence-corrected chi connectivity index (χ0v) is 21.4. The van der Waals surface area contributed by atoms with Gasteiger partial charge in [0.1, 0.15) is 0 Å². The lowest BCUT2D eigenvalue weighted by Crippen LogP contribution is -2.28. The van der Waals surface area contributed by atoms with Gasteiger partial charge in [-0.15, -0.1) is 0 Å². The van der Waals surface area contributed by atoms with Crippen molar-refractivity contribution in [3.63, 3.8) is 0 Å². The van der Waals surface area contributed by atoms with Gasteiger partial charge in [-0.05, 0) is 97.9 Å². The number of aliphatic imine (C=N–C) groups is 1. The number of esters is 2. The van der Waals surface area contributed by atoms with Crippen molar-refractivity contribution in [2.45, 2.75) is 13.8 Å². The van der Waals surface area contributed by atoms with Crippen molar-refractivity contribution in [3.05, 3.63) is 88.3 Å². The fourth-order valence-corrected chi connectivity index (χ4v) is 4.52. The van der Waals surface area contributed by atoms with Crippen molar-refractivity contribution >= 4 is 52.2 Å². The van der Waals surface area contributed by atoms with E-state index < -0.39 is 11.9 Å². The Hall–Kier alpha value is -4.57. The standard InChI is InChI=1S/C28H24N2O7S/c1-3-36-26(34)18-6-10-20(11-7-18)29-28-30(21-12-8-19(9-13-21)27(35)37-4-2)25(33)24(38-28)16-17-5-14-22(31)23(32)15-17/h5-16,31-32H,3-4H2,1-2H3/b24-16-,29-28?. The van der Waals surface area contributed by atoms with Gasteiger partial charge in [0.15, 0.2) is 16.7 Å². The van der Waals surface area contributed by atoms with E-state index in [2.05, 4.69) is 4.99 Å². The van der Waals surface area contributed by atoms with Gasteiger partial charge in [0.05, 0.1) is 40.6 Å². The first kappa shape index (κ1) is 26.5. The largest absolute Gasteiger partial charge is 0.504 e. The zero-order valence-electron chi connectivity index (χ0n) is 20.6. The Kier molecular flexibility index (Phi) is 8.12. The molecule has 3 aromatic carbocycles. The number of anilines is 1. The molecule has 1 fully saturated rings. The van der Waals surface area contributed by atoms with E-state index in [0.717, 1.165) is 11.8 Å². The van der Waals surface area contributed by atoms with Crippen molar-refractivity contribution in [3.8, 4) is 11.5 Å². The maximum absolute atomic E-state index is 13.5. The van der Waals surface area contributed by atoms with Crippen molar-refractivity contribution in [2.24, 2.45) is 4.99 Å². The number of thioether (sulfide) groups is 1. The molecule has 0 atom stereocenters. The molecule has 2 N–H and O–H groups in total. The highest BCUT2D eigenvalue weighted by molar-refractivity contribution is 8.19. The maximum atomic E-state index is 13.5. The lowest BCUT2D eigenvalue weighted by molar-refractivity contribution is -0.113. The molecule has 4 rings (SSSR count). The van der Waals surface area contributed by atoms with Gasteiger partial charge in [0.2, 0.25) is 0 Å². The molecule has 0 unspecified atom stereocenters. The average molecular weight is 533 g/mol. The first-order valence-electron chi connectivity index (χ1n) is 11.7. The summed E-state index contributed by atoms with van der Waals surface area (Å²) < 4.78 is 10.0. The summed E-state index contributed by atoms with van der Waals surface area (Å²) >= 11 is 1.12. The number of amidine groups is 1. The first-order chi connectivity index (χ1) is 18.3. The summed E-state index contributed by atoms with van der Waals surface area (Å²) in [5, 5.41) is 19.8. The van der Waals surface area contributed by atoms with Crippen LogP contribution in [-0.2, 0) is 14.3 Å². The van der Waals surface area contributed by atoms with Crippen LogP contribution in [0.4, 0.5) is 11.4 Å². The van der Waals surface area contributed by atoms with Gasteiger partial charge in [-0.25, -0.2) is 14.6 Å². The number of hydrogen-bond donors (Lipinski definition) is 2. The fraction of sp³-hybridized carbons (Fsp3) is 0.143. The second-order valence-corrected chi connectivity index (χ2v) is 8.94. The minimum Gasteiger partial charge on any atom is -0.504 e. The molecule has 0 aliphatic carbocycles. The maximum Gasteiger partial charge on any atom is 0.338 e. The Balaban J connectivity index is 1.71. The summed E-state index contributed by atoms with van der Waals surface area (Å²) in [6, 6.07) is 17.1. The molecule has 1 aliphatic rings. The number of benzene rings is 3. The van der Waals surface area contributed by atoms with E-state index in [4.69, 9.17) is 9.47 Å². The van der Waals surface area contributed by atoms with E-state index in [1.54, 1.807) is 74.5 Å². The van der Waals surface area contributed by atoms with Gasteiger partial charge in [0, 0.05) is 0 Å². The number of nitrogens with zero attached hydrogens (tertiary/aromatic N) is 2. The Bertz CT molecular complexity index is 1430. The summed E-state index contributed by atoms with van der Waals surface area (Å²) in [5.74, 6) is -1.85. The smallest absolute Gasteiger partial charge is 0.338 e. The third-order valence-corrected chi connectivity index (χ3v) is 6.31. The monoisotopic (exact) mass is 532 g/mol. The van der Waals surface area contributed by atoms with Crippen molar-refractivity contribution in [1.29, 1.82) is 0 Å². The van der Waals surface area contributed by atoms with Crippen LogP contribution in [0, 0.1) is 0 Å². The SMILES string of the molecule is CCOC(=O)c1ccc(N=C2S/C(=C\c3ccc(O)c(O)c3)C(=O)N2c2ccc(C(=O)OCC)cc2)cc1. The number of ether oxygens (including phenoxy) is 2. The molecular formula is C28H24N2O7S. The normalized spacial score (nSPS) is 15.2. The molecule has 0 bridgehead atoms. The van der Waals surface area contributed by atoms with Crippen LogP contribution in [0.5, 0.6) is 11.5 Å². The number of aromatic hydroxyl groups is 2. The van der Waals surface area contributed by atoms with Gasteiger partial charge in [-0.1, -0.05) is 6.07 Å². The Morgan fingerprint density at radius 3 is 2.00 bits per heavy atom. The molecule has 0 aromatic heterocycles. The van der Waals surface area contributed by atoms with Crippen molar-refractivity contribution < 1.29 is 34.1 Å². The molecule has 1 amide bonds. The lowest BCUT2D eigenvalue weighted by Gasteiger charge is -2.16. The number of carbonyl (C=O) groups excluding carboxylic acids is 3. The second-order valence-electron chi connectivity index (χ2n) is 7.93. The summed E-state index contributed by atoms with van der Waals surface area (Å²) in [4.78, 5) is 43.9. The van der Waals surface area contributed by atoms with Gasteiger partial charge in [0.25, 0.3) is 5.91 Å². The van der Waals surface area contributed by atoms with E-state index in [0.29, 0.717) is 38.1 Å². The van der Waals surface area contributed by atoms with Crippen LogP contribution >= 0.6 is 11.8 Å². The second kappa shape index (κ2) is 11.7. The molecule has 194 valence electrons. The number of amides is 1. The summed E-state index contributed by atoms with van der Waals surface area (Å²) in [5.41, 5.74) is 2.22. The number of phenolic OH excluding ortho intramolecular Hbond substituents is 2. The predicted molar refractivity (Wildman–Crippen MR) is 145 cm³/mol. The molecule has 10 heteroatoms. The Morgan fingerprint density at radius 1 is 0.868 bits per heavy atom. The number of hydrogen-bond acceptors (Lipinski definition) is 9. The molecule has 1 aliphatic heterocycles. The lowest BCUT2D eigenvalue weighted by atomic mass is 10.1. The van der Waals surface area contributed by atoms with Crippen molar-refractivity contribution in [2.75, 3.05) is 18.1 Å². The van der Waals surface area contributed by atoms with E-state index in [1.165, 1.54) is 17.0 Å². The van der Waals surface area contributed by atoms with Crippen LogP contribution in [0.2, 0.25) is 0 Å². The minimum absolute atomic E-state index is 0.245. The number of rotatable bonds is 7. The molecule has 0 radical (unpaired) electrons. The van der Waals surface area contributed by atoms with E-state index in [9.17, 15) is 24.6 Å². The number of carbonyl (C=O) groups is 3. The third kappa shape index (κ3) is 5.87. The minimum atomic E-state index is -0.468. The first-order valence-corrected chi connectivity index (χ1v) is 12.5. The molecule has 0 saturated carbocycles. The fourth-order valence-electron chi connectivity index (χ4n) is 3.52. The zero-order chi connectivity index (χ0) is 27.2. The molecule has 1 heterocycles. The quantitative estimate of drug-likeness (QED) is 0.240. The summed E-state index contributed by atoms with van der Waals surface area (Å²) in [7, 11) is 0. The van der Waals surface area contributed by atoms with E-state index >= 15 is 0 Å². The number of phenols is 2. The molecular weight excluding hydrogens is 508 g/mol. The average Bonchev–Trinajstić information content (AvgIpc) is 3.21. The van der Waals surface area contributed by atoms with Crippen LogP contribution in [0.25, 0.3) is 6.08 Å². The van der Waals surface area contributed by atoms with Crippen LogP contribution in [0.1, 0.15) is 40.1 Å². The van der Waals surface area contributed by atoms with E-state index in [1.807, 2.05) is 0 Å². The Morgan fingerprint density at radius 2 is 1.45 bits per heavy atom. The van der Waals surface area contributed by atoms with Crippen LogP contribution in [0.15, 0.2) is 76.6 Å². The molecule has 9 nitrogen and oxygen atoms in total. The van der Waals surface area contributed by atoms with E-state index in [-0.39, 0.29) is 30.6 Å². The molecule has 0 spiro atoms. The predicted octanol–water partition coefficient (Wildman–Crippen LogP) is 5.26. The molecule has 3 aromatic rings. The van der Waals surface area contributed by atoms with Crippen LogP contribution in [-0.4, -0.2) is 46.4 Å². The van der Waals surface area contributed by atoms with Crippen LogP contribution < -0.4 is 4.90 Å². The van der Waals surface area contributed by atoms with Gasteiger partial charge in [-0.3, -0.25) is 9.69 Å². The molecule has 38 heavy (non-hydrogen) atoms. The highest BCUT2D eigenvalue weighted by atomic mass is 32.2. The van der Waals surface area contributed by atoms with Gasteiger partial charge >= 0.3 is 11.9 Å². The molecule has 1 saturated heterocycles. The highest BCUT2D eigenvalue weighted by Gasteiger charge is 2.35. The topological polar surface area (TPSA) is 126 Å². The highest BCUT2D eigenvalue weighted by Crippen LogP contribution is 2.38. The van der Waals surface area contributed by atoms with Gasteiger partial charge < -0.3 is 19.7 Å². The van der Waals surface area contributed by atoms with Gasteiger partial charge in [-0.2, -0.15) is 0 Å². The van der Waals surface area contributed by atoms with Crippen molar-refractivity contribution in [1.82, 2.24) is 0 Å². The Labute approximate surface area is 223 Å². The summed E-state index contributed by atoms with van der Waals surface area (Å²) in [6.45, 7) is 3.95. The third-order valence-electron chi connectivity index (χ3n) is 5.34.